The van der Waals surface area contributed by atoms with E-state index >= 15 is 0 Å². The molecule has 2 aromatic rings. The van der Waals surface area contributed by atoms with Crippen LogP contribution in [-0.4, -0.2) is 46.1 Å². The van der Waals surface area contributed by atoms with Gasteiger partial charge in [0.15, 0.2) is 0 Å². The smallest absolute Gasteiger partial charge is 0.237 e. The third kappa shape index (κ3) is 5.34. The first-order valence-electron chi connectivity index (χ1n) is 11.3. The van der Waals surface area contributed by atoms with Crippen molar-refractivity contribution >= 4 is 11.6 Å². The minimum absolute atomic E-state index is 0.215. The van der Waals surface area contributed by atoms with Crippen molar-refractivity contribution in [2.24, 2.45) is 0 Å². The summed E-state index contributed by atoms with van der Waals surface area (Å²) in [4.78, 5) is 5.00. The molecule has 164 valence electrons. The Balaban J connectivity index is 1.58. The average molecular weight is 424 g/mol. The number of hydrogen-bond acceptors (Lipinski definition) is 5. The minimum atomic E-state index is 0.215. The lowest BCUT2D eigenvalue weighted by molar-refractivity contribution is -0.929. The predicted molar refractivity (Wildman–Crippen MR) is 119 cm³/mol. The Kier molecular flexibility index (Phi) is 7.36. The van der Waals surface area contributed by atoms with Crippen molar-refractivity contribution in [3.8, 4) is 6.07 Å². The number of fused-ring (bicyclic) bond motifs is 1. The Morgan fingerprint density at radius 1 is 1.23 bits per heavy atom. The summed E-state index contributed by atoms with van der Waals surface area (Å²) in [5, 5.41) is 16.9. The van der Waals surface area contributed by atoms with Crippen molar-refractivity contribution in [2.45, 2.75) is 38.5 Å². The van der Waals surface area contributed by atoms with Crippen LogP contribution in [0.3, 0.4) is 0 Å². The second-order valence-corrected chi connectivity index (χ2v) is 8.34. The van der Waals surface area contributed by atoms with Crippen molar-refractivity contribution in [3.05, 3.63) is 52.6 Å². The summed E-state index contributed by atoms with van der Waals surface area (Å²) in [7, 11) is 1.71. The minimum Gasteiger partial charge on any atom is -0.381 e. The molecule has 0 amide bonds. The highest BCUT2D eigenvalue weighted by Crippen LogP contribution is 2.26. The number of nitrogens with one attached hydrogen (secondary N) is 4. The van der Waals surface area contributed by atoms with Crippen LogP contribution >= 0.6 is 0 Å². The molecule has 1 aromatic carbocycles. The zero-order chi connectivity index (χ0) is 21.5. The van der Waals surface area contributed by atoms with Crippen molar-refractivity contribution in [1.29, 1.82) is 5.26 Å². The van der Waals surface area contributed by atoms with Crippen LogP contribution in [0.25, 0.3) is 0 Å². The van der Waals surface area contributed by atoms with Crippen molar-refractivity contribution < 1.29 is 19.4 Å². The van der Waals surface area contributed by atoms with Gasteiger partial charge >= 0.3 is 0 Å². The normalized spacial score (nSPS) is 20.1. The number of quaternary nitrogens is 1. The number of anilines is 2. The first-order valence-corrected chi connectivity index (χ1v) is 11.3. The van der Waals surface area contributed by atoms with Gasteiger partial charge in [0, 0.05) is 25.7 Å². The Hall–Kier alpha value is -2.66. The van der Waals surface area contributed by atoms with Crippen LogP contribution in [-0.2, 0) is 29.0 Å². The third-order valence-electron chi connectivity index (χ3n) is 6.17. The number of nitrogens with zero attached hydrogens (tertiary/aromatic N) is 1. The summed E-state index contributed by atoms with van der Waals surface area (Å²) in [6.45, 7) is 5.77. The van der Waals surface area contributed by atoms with E-state index in [0.29, 0.717) is 19.7 Å². The van der Waals surface area contributed by atoms with E-state index in [1.54, 1.807) is 7.11 Å². The lowest BCUT2D eigenvalue weighted by Gasteiger charge is -2.27. The third-order valence-corrected chi connectivity index (χ3v) is 6.17. The molecule has 0 aliphatic carbocycles. The monoisotopic (exact) mass is 423 g/mol. The lowest BCUT2D eigenvalue weighted by Crippen LogP contribution is -3.10. The number of rotatable bonds is 9. The van der Waals surface area contributed by atoms with Gasteiger partial charge in [-0.3, -0.25) is 0 Å². The van der Waals surface area contributed by atoms with Gasteiger partial charge in [0.2, 0.25) is 11.6 Å². The molecule has 1 aromatic heterocycles. The Bertz CT molecular complexity index is 906. The predicted octanol–water partition coefficient (Wildman–Crippen LogP) is 1.16. The summed E-state index contributed by atoms with van der Waals surface area (Å²) >= 11 is 0. The number of nitriles is 1. The first kappa shape index (κ1) is 21.6. The van der Waals surface area contributed by atoms with Crippen molar-refractivity contribution in [3.63, 3.8) is 0 Å². The topological polar surface area (TPSA) is 84.9 Å². The molecule has 7 nitrogen and oxygen atoms in total. The number of benzene rings is 1. The van der Waals surface area contributed by atoms with Gasteiger partial charge in [-0.15, -0.1) is 0 Å². The number of H-pyrrole nitrogens is 1. The molecule has 2 atom stereocenters. The van der Waals surface area contributed by atoms with Crippen LogP contribution in [0.1, 0.15) is 35.1 Å². The fourth-order valence-corrected chi connectivity index (χ4v) is 4.57. The van der Waals surface area contributed by atoms with Gasteiger partial charge in [-0.1, -0.05) is 30.3 Å². The van der Waals surface area contributed by atoms with Crippen molar-refractivity contribution in [1.82, 2.24) is 0 Å². The molecule has 2 aliphatic rings. The van der Waals surface area contributed by atoms with E-state index in [-0.39, 0.29) is 6.10 Å². The lowest BCUT2D eigenvalue weighted by atomic mass is 9.95. The number of methoxy groups -OCH3 is 1. The van der Waals surface area contributed by atoms with Crippen molar-refractivity contribution in [2.75, 3.05) is 50.6 Å². The number of aromatic amines is 1. The van der Waals surface area contributed by atoms with Gasteiger partial charge < -0.3 is 25.0 Å². The molecule has 1 unspecified atom stereocenters. The van der Waals surface area contributed by atoms with Gasteiger partial charge in [0.05, 0.1) is 37.9 Å². The Morgan fingerprint density at radius 2 is 2.10 bits per heavy atom. The highest BCUT2D eigenvalue weighted by atomic mass is 16.5. The molecule has 0 bridgehead atoms. The summed E-state index contributed by atoms with van der Waals surface area (Å²) in [5.74, 6) is 1.79. The number of aromatic nitrogens is 1. The molecule has 0 saturated carbocycles. The van der Waals surface area contributed by atoms with Gasteiger partial charge in [0.1, 0.15) is 24.7 Å². The summed E-state index contributed by atoms with van der Waals surface area (Å²) in [6.07, 6.45) is 3.28. The zero-order valence-electron chi connectivity index (χ0n) is 18.3. The maximum atomic E-state index is 9.98. The molecule has 31 heavy (non-hydrogen) atoms. The molecule has 4 rings (SSSR count). The van der Waals surface area contributed by atoms with E-state index < -0.39 is 0 Å². The summed E-state index contributed by atoms with van der Waals surface area (Å²) in [6, 6.07) is 13.1. The van der Waals surface area contributed by atoms with E-state index in [0.717, 1.165) is 68.3 Å². The quantitative estimate of drug-likeness (QED) is 0.527. The van der Waals surface area contributed by atoms with Gasteiger partial charge in [-0.05, 0) is 18.4 Å². The fourth-order valence-electron chi connectivity index (χ4n) is 4.57. The second kappa shape index (κ2) is 10.6. The molecule has 1 saturated heterocycles. The first-order chi connectivity index (χ1) is 15.3. The highest BCUT2D eigenvalue weighted by Gasteiger charge is 2.31. The van der Waals surface area contributed by atoms with Crippen LogP contribution in [0.2, 0.25) is 0 Å². The van der Waals surface area contributed by atoms with Crippen LogP contribution in [0.5, 0.6) is 0 Å². The van der Waals surface area contributed by atoms with E-state index in [1.165, 1.54) is 16.0 Å². The Labute approximate surface area is 184 Å². The zero-order valence-corrected chi connectivity index (χ0v) is 18.3. The number of pyridine rings is 1. The van der Waals surface area contributed by atoms with Crippen LogP contribution in [0, 0.1) is 11.3 Å². The maximum Gasteiger partial charge on any atom is 0.237 e. The molecule has 3 heterocycles. The van der Waals surface area contributed by atoms with Crippen LogP contribution in [0.4, 0.5) is 11.6 Å². The van der Waals surface area contributed by atoms with Gasteiger partial charge in [-0.2, -0.15) is 5.26 Å². The Morgan fingerprint density at radius 3 is 2.84 bits per heavy atom. The maximum absolute atomic E-state index is 9.98. The van der Waals surface area contributed by atoms with E-state index in [1.807, 2.05) is 0 Å². The molecule has 1 fully saturated rings. The van der Waals surface area contributed by atoms with Crippen LogP contribution < -0.4 is 20.5 Å². The van der Waals surface area contributed by atoms with E-state index in [4.69, 9.17) is 9.47 Å². The largest absolute Gasteiger partial charge is 0.381 e. The van der Waals surface area contributed by atoms with E-state index in [2.05, 4.69) is 52.0 Å². The number of hydrogen-bond donors (Lipinski definition) is 3. The summed E-state index contributed by atoms with van der Waals surface area (Å²) in [5.41, 5.74) is 4.46. The molecule has 2 aliphatic heterocycles. The number of ether oxygens (including phenoxy) is 2. The van der Waals surface area contributed by atoms with E-state index in [9.17, 15) is 5.26 Å². The average Bonchev–Trinajstić information content (AvgIpc) is 3.32. The molecule has 7 heteroatoms. The molecule has 0 radical (unpaired) electrons. The molecular weight excluding hydrogens is 390 g/mol. The van der Waals surface area contributed by atoms with Crippen LogP contribution in [0.15, 0.2) is 30.3 Å². The summed E-state index contributed by atoms with van der Waals surface area (Å²) < 4.78 is 11.0. The fraction of sp³-hybridized carbons (Fsp3) is 0.500. The van der Waals surface area contributed by atoms with Gasteiger partial charge in [-0.25, -0.2) is 4.98 Å². The molecule has 4 N–H and O–H groups in total. The second-order valence-electron chi connectivity index (χ2n) is 8.34. The molecule has 0 spiro atoms. The molecular formula is C24H33N5O2+2. The van der Waals surface area contributed by atoms with Gasteiger partial charge in [0.25, 0.3) is 0 Å². The highest BCUT2D eigenvalue weighted by molar-refractivity contribution is 5.60. The standard InChI is InChI=1S/C24H31N5O2/c1-30-13-10-26-24-22-17-29(16-18-6-3-2-4-7-18)11-9-20(22)21(14-25)23(28-24)27-15-19-8-5-12-31-19/h2-4,6-7,19H,5,8-13,15-17H2,1H3,(H2,26,27,28)/p+2/t19-/m1/s1. The SMILES string of the molecule is COCCNc1[nH+]c(NC[C@H]2CCCO2)c(C#N)c2c1C[NH+](Cc1ccccc1)CC2.